The van der Waals surface area contributed by atoms with E-state index in [1.165, 1.54) is 6.07 Å². The zero-order chi connectivity index (χ0) is 15.5. The standard InChI is InChI=1S/C16H14F3N2S.Na/c1-10-11-4-2-5-12(22-19)13(11)20-14-15(8-9-21(10)14)6-3-7-16(15,17)18;/h4-5H,1,3,6-9H2;/q-1;+1. The Bertz CT molecular complexity index is 707. The smallest absolute Gasteiger partial charge is 0.340 e. The van der Waals surface area contributed by atoms with Crippen molar-refractivity contribution in [2.45, 2.75) is 36.5 Å². The van der Waals surface area contributed by atoms with Gasteiger partial charge in [-0.25, -0.2) is 8.78 Å². The van der Waals surface area contributed by atoms with Gasteiger partial charge in [-0.15, -0.1) is 0 Å². The minimum Gasteiger partial charge on any atom is -0.340 e. The predicted octanol–water partition coefficient (Wildman–Crippen LogP) is 1.99. The molecule has 3 aliphatic rings. The molecular formula is C16H14F3N2NaS. The summed E-state index contributed by atoms with van der Waals surface area (Å²) in [4.78, 5) is 6.56. The van der Waals surface area contributed by atoms with Crippen molar-refractivity contribution in [1.82, 2.24) is 4.90 Å². The van der Waals surface area contributed by atoms with Crippen molar-refractivity contribution in [1.29, 1.82) is 0 Å². The molecule has 0 amide bonds. The first-order valence-electron chi connectivity index (χ1n) is 7.27. The van der Waals surface area contributed by atoms with E-state index in [1.54, 1.807) is 11.0 Å². The van der Waals surface area contributed by atoms with Crippen molar-refractivity contribution >= 4 is 29.4 Å². The topological polar surface area (TPSA) is 15.6 Å². The Balaban J connectivity index is 0.00000156. The molecule has 0 N–H and O–H groups in total. The van der Waals surface area contributed by atoms with E-state index < -0.39 is 11.3 Å². The number of hydrogen-bond acceptors (Lipinski definition) is 3. The molecular weight excluding hydrogens is 332 g/mol. The molecule has 4 rings (SSSR count). The Hall–Kier alpha value is -0.430. The van der Waals surface area contributed by atoms with Crippen LogP contribution in [0.5, 0.6) is 0 Å². The second-order valence-electron chi connectivity index (χ2n) is 6.08. The molecule has 0 radical (unpaired) electrons. The summed E-state index contributed by atoms with van der Waals surface area (Å²) in [5, 5.41) is 0. The molecule has 1 aromatic rings. The molecule has 2 aliphatic heterocycles. The van der Waals surface area contributed by atoms with Crippen LogP contribution >= 0.6 is 12.1 Å². The Labute approximate surface area is 159 Å². The van der Waals surface area contributed by atoms with Gasteiger partial charge in [-0.1, -0.05) is 12.1 Å². The van der Waals surface area contributed by atoms with Gasteiger partial charge in [0.15, 0.2) is 0 Å². The molecule has 0 bridgehead atoms. The Morgan fingerprint density at radius 2 is 2.04 bits per heavy atom. The number of rotatable bonds is 1. The van der Waals surface area contributed by atoms with Crippen LogP contribution < -0.4 is 29.6 Å². The minimum atomic E-state index is -2.76. The first-order chi connectivity index (χ1) is 10.5. The van der Waals surface area contributed by atoms with E-state index in [-0.39, 0.29) is 48.1 Å². The van der Waals surface area contributed by atoms with Crippen LogP contribution in [-0.4, -0.2) is 23.2 Å². The van der Waals surface area contributed by atoms with Crippen LogP contribution in [0.15, 0.2) is 28.6 Å². The van der Waals surface area contributed by atoms with Gasteiger partial charge < -0.3 is 4.90 Å². The van der Waals surface area contributed by atoms with Gasteiger partial charge in [-0.3, -0.25) is 4.99 Å². The Kier molecular flexibility index (Phi) is 4.41. The molecule has 1 aliphatic carbocycles. The van der Waals surface area contributed by atoms with E-state index in [2.05, 4.69) is 17.6 Å². The number of hydrogen-bond donors (Lipinski definition) is 0. The third-order valence-corrected chi connectivity index (χ3v) is 5.59. The van der Waals surface area contributed by atoms with Crippen LogP contribution in [0, 0.1) is 11.5 Å². The van der Waals surface area contributed by atoms with Gasteiger partial charge >= 0.3 is 29.6 Å². The molecule has 1 spiro atoms. The SMILES string of the molecule is C=C1c2c[c-]cc(SF)c2N=C2N1CCC21CCCC1(F)F.[Na+]. The van der Waals surface area contributed by atoms with Gasteiger partial charge in [0.2, 0.25) is 0 Å². The van der Waals surface area contributed by atoms with E-state index in [0.717, 1.165) is 0 Å². The third kappa shape index (κ3) is 2.25. The molecule has 1 unspecified atom stereocenters. The van der Waals surface area contributed by atoms with Gasteiger partial charge in [0.25, 0.3) is 5.92 Å². The van der Waals surface area contributed by atoms with Crippen molar-refractivity contribution < 1.29 is 42.2 Å². The van der Waals surface area contributed by atoms with Crippen LogP contribution in [-0.2, 0) is 0 Å². The number of alkyl halides is 2. The summed E-state index contributed by atoms with van der Waals surface area (Å²) >= 11 is 0.0650. The predicted molar refractivity (Wildman–Crippen MR) is 80.9 cm³/mol. The number of aliphatic imine (C=N–C) groups is 1. The second kappa shape index (κ2) is 5.83. The largest absolute Gasteiger partial charge is 1.00 e. The summed E-state index contributed by atoms with van der Waals surface area (Å²) in [6.07, 6.45) is 1.18. The van der Waals surface area contributed by atoms with Crippen LogP contribution in [0.3, 0.4) is 0 Å². The van der Waals surface area contributed by atoms with Crippen LogP contribution in [0.25, 0.3) is 5.70 Å². The van der Waals surface area contributed by atoms with Crippen LogP contribution in [0.2, 0.25) is 0 Å². The minimum absolute atomic E-state index is 0. The molecule has 2 heterocycles. The fourth-order valence-corrected chi connectivity index (χ4v) is 4.28. The molecule has 23 heavy (non-hydrogen) atoms. The van der Waals surface area contributed by atoms with E-state index >= 15 is 0 Å². The molecule has 1 saturated heterocycles. The molecule has 116 valence electrons. The van der Waals surface area contributed by atoms with E-state index in [1.807, 2.05) is 0 Å². The number of halogens is 3. The number of nitrogens with zero attached hydrogens (tertiary/aromatic N) is 2. The van der Waals surface area contributed by atoms with Gasteiger partial charge in [-0.2, -0.15) is 22.1 Å². The van der Waals surface area contributed by atoms with Gasteiger partial charge in [0, 0.05) is 25.1 Å². The maximum absolute atomic E-state index is 14.5. The third-order valence-electron chi connectivity index (χ3n) is 5.11. The summed E-state index contributed by atoms with van der Waals surface area (Å²) < 4.78 is 42.2. The molecule has 0 aromatic heterocycles. The van der Waals surface area contributed by atoms with Gasteiger partial charge in [-0.05, 0) is 35.5 Å². The summed E-state index contributed by atoms with van der Waals surface area (Å²) in [7, 11) is 0. The van der Waals surface area contributed by atoms with Crippen molar-refractivity contribution in [3.8, 4) is 0 Å². The van der Waals surface area contributed by atoms with E-state index in [4.69, 9.17) is 0 Å². The van der Waals surface area contributed by atoms with Gasteiger partial charge in [0.05, 0.1) is 5.41 Å². The summed E-state index contributed by atoms with van der Waals surface area (Å²) in [6.45, 7) is 4.51. The van der Waals surface area contributed by atoms with Crippen LogP contribution in [0.1, 0.15) is 31.2 Å². The summed E-state index contributed by atoms with van der Waals surface area (Å²) in [5.41, 5.74) is 0.480. The molecule has 1 aromatic carbocycles. The normalized spacial score (nSPS) is 27.5. The number of amidine groups is 1. The first-order valence-corrected chi connectivity index (χ1v) is 7.98. The Morgan fingerprint density at radius 1 is 1.26 bits per heavy atom. The summed E-state index contributed by atoms with van der Waals surface area (Å²) in [6, 6.07) is 6.04. The molecule has 2 fully saturated rings. The maximum atomic E-state index is 14.5. The Morgan fingerprint density at radius 3 is 2.70 bits per heavy atom. The molecule has 1 atom stereocenters. The zero-order valence-corrected chi connectivity index (χ0v) is 15.7. The first kappa shape index (κ1) is 17.4. The average molecular weight is 346 g/mol. The maximum Gasteiger partial charge on any atom is 1.00 e. The molecule has 2 nitrogen and oxygen atoms in total. The van der Waals surface area contributed by atoms with Crippen LogP contribution in [0.4, 0.5) is 18.4 Å². The molecule has 7 heteroatoms. The number of benzene rings is 1. The molecule has 1 saturated carbocycles. The average Bonchev–Trinajstić information content (AvgIpc) is 3.02. The quantitative estimate of drug-likeness (QED) is 0.571. The number of fused-ring (bicyclic) bond motifs is 3. The van der Waals surface area contributed by atoms with Crippen molar-refractivity contribution in [2.24, 2.45) is 10.4 Å². The van der Waals surface area contributed by atoms with E-state index in [0.29, 0.717) is 53.5 Å². The van der Waals surface area contributed by atoms with E-state index in [9.17, 15) is 12.7 Å². The van der Waals surface area contributed by atoms with Crippen molar-refractivity contribution in [3.05, 3.63) is 30.3 Å². The monoisotopic (exact) mass is 346 g/mol. The fourth-order valence-electron chi connectivity index (χ4n) is 3.94. The second-order valence-corrected chi connectivity index (χ2v) is 6.68. The van der Waals surface area contributed by atoms with Gasteiger partial charge in [0.1, 0.15) is 5.84 Å². The fraction of sp³-hybridized carbons (Fsp3) is 0.438. The van der Waals surface area contributed by atoms with Crippen molar-refractivity contribution in [2.75, 3.05) is 6.54 Å². The summed E-state index contributed by atoms with van der Waals surface area (Å²) in [5.74, 6) is -2.39. The van der Waals surface area contributed by atoms with Crippen molar-refractivity contribution in [3.63, 3.8) is 0 Å². The zero-order valence-electron chi connectivity index (χ0n) is 12.8.